The molecule has 13 heavy (non-hydrogen) atoms. The maximum atomic E-state index is 11.8. The highest BCUT2D eigenvalue weighted by Gasteiger charge is 2.07. The lowest BCUT2D eigenvalue weighted by molar-refractivity contribution is -0.136. The lowest BCUT2D eigenvalue weighted by atomic mass is 10.3. The van der Waals surface area contributed by atoms with Crippen molar-refractivity contribution in [2.24, 2.45) is 0 Å². The van der Waals surface area contributed by atoms with Crippen molar-refractivity contribution in [1.29, 1.82) is 0 Å². The van der Waals surface area contributed by atoms with Crippen LogP contribution in [0.25, 0.3) is 0 Å². The zero-order chi connectivity index (χ0) is 9.84. The smallest absolute Gasteiger partial charge is 0.309 e. The molecule has 72 valence electrons. The summed E-state index contributed by atoms with van der Waals surface area (Å²) in [5, 5.41) is 12.0. The van der Waals surface area contributed by atoms with Crippen LogP contribution in [0.1, 0.15) is 5.69 Å². The van der Waals surface area contributed by atoms with Gasteiger partial charge in [-0.1, -0.05) is 0 Å². The third-order valence-electron chi connectivity index (χ3n) is 1.35. The molecule has 0 amide bonds. The topological polar surface area (TPSA) is 55.1 Å². The van der Waals surface area contributed by atoms with Crippen molar-refractivity contribution in [3.8, 4) is 0 Å². The highest BCUT2D eigenvalue weighted by Crippen LogP contribution is 2.01. The minimum Gasteiger partial charge on any atom is -0.481 e. The van der Waals surface area contributed by atoms with Gasteiger partial charge in [0.05, 0.1) is 12.1 Å². The average Bonchev–Trinajstić information content (AvgIpc) is 2.33. The number of halogens is 2. The van der Waals surface area contributed by atoms with Crippen LogP contribution in [0.5, 0.6) is 0 Å². The van der Waals surface area contributed by atoms with Crippen molar-refractivity contribution in [2.45, 2.75) is 19.4 Å². The molecule has 0 radical (unpaired) electrons. The van der Waals surface area contributed by atoms with Crippen LogP contribution in [0.15, 0.2) is 12.3 Å². The molecule has 0 aliphatic rings. The van der Waals surface area contributed by atoms with Crippen LogP contribution < -0.4 is 0 Å². The molecule has 1 N–H and O–H groups in total. The van der Waals surface area contributed by atoms with E-state index in [4.69, 9.17) is 5.11 Å². The van der Waals surface area contributed by atoms with Gasteiger partial charge < -0.3 is 5.11 Å². The summed E-state index contributed by atoms with van der Waals surface area (Å²) in [6.45, 7) is -0.500. The molecule has 0 saturated carbocycles. The minimum atomic E-state index is -2.47. The molecule has 0 aliphatic carbocycles. The first-order chi connectivity index (χ1) is 6.08. The van der Waals surface area contributed by atoms with Crippen molar-refractivity contribution in [3.05, 3.63) is 18.0 Å². The summed E-state index contributed by atoms with van der Waals surface area (Å²) < 4.78 is 24.7. The number of rotatable bonds is 4. The normalized spacial score (nSPS) is 10.7. The fourth-order valence-electron chi connectivity index (χ4n) is 0.896. The van der Waals surface area contributed by atoms with Gasteiger partial charge in [0, 0.05) is 6.20 Å². The second-order valence-electron chi connectivity index (χ2n) is 2.49. The Balaban J connectivity index is 2.58. The third-order valence-corrected chi connectivity index (χ3v) is 1.35. The molecule has 1 heterocycles. The zero-order valence-corrected chi connectivity index (χ0v) is 6.65. The molecule has 1 aromatic rings. The number of hydrogen-bond acceptors (Lipinski definition) is 2. The number of hydrogen-bond donors (Lipinski definition) is 1. The second-order valence-corrected chi connectivity index (χ2v) is 2.49. The number of carboxylic acid groups (broad SMARTS) is 1. The Morgan fingerprint density at radius 2 is 2.38 bits per heavy atom. The summed E-state index contributed by atoms with van der Waals surface area (Å²) >= 11 is 0. The van der Waals surface area contributed by atoms with Crippen molar-refractivity contribution in [3.63, 3.8) is 0 Å². The standard InChI is InChI=1S/C7H8F2N2O2/c8-6(9)4-11-2-1-5(10-11)3-7(12)13/h1-2,6H,3-4H2,(H,12,13). The Labute approximate surface area is 72.8 Å². The number of aromatic nitrogens is 2. The monoisotopic (exact) mass is 190 g/mol. The fraction of sp³-hybridized carbons (Fsp3) is 0.429. The summed E-state index contributed by atoms with van der Waals surface area (Å²) in [6, 6.07) is 1.41. The van der Waals surface area contributed by atoms with E-state index in [1.54, 1.807) is 0 Å². The first kappa shape index (κ1) is 9.63. The molecule has 0 saturated heterocycles. The quantitative estimate of drug-likeness (QED) is 0.763. The lowest BCUT2D eigenvalue weighted by Gasteiger charge is -1.97. The maximum absolute atomic E-state index is 11.8. The molecular formula is C7H8F2N2O2. The molecular weight excluding hydrogens is 182 g/mol. The van der Waals surface area contributed by atoms with Gasteiger partial charge in [-0.2, -0.15) is 5.10 Å². The third kappa shape index (κ3) is 3.18. The first-order valence-electron chi connectivity index (χ1n) is 3.60. The van der Waals surface area contributed by atoms with Crippen LogP contribution in [0, 0.1) is 0 Å². The predicted octanol–water partition coefficient (Wildman–Crippen LogP) is 0.775. The molecule has 1 rings (SSSR count). The van der Waals surface area contributed by atoms with Gasteiger partial charge in [0.25, 0.3) is 6.43 Å². The number of aliphatic carboxylic acids is 1. The van der Waals surface area contributed by atoms with Crippen molar-refractivity contribution in [1.82, 2.24) is 9.78 Å². The minimum absolute atomic E-state index is 0.240. The van der Waals surface area contributed by atoms with Crippen molar-refractivity contribution in [2.75, 3.05) is 0 Å². The maximum Gasteiger partial charge on any atom is 0.309 e. The SMILES string of the molecule is O=C(O)Cc1ccn(CC(F)F)n1. The Morgan fingerprint density at radius 3 is 2.92 bits per heavy atom. The number of carbonyl (C=O) groups is 1. The predicted molar refractivity (Wildman–Crippen MR) is 39.6 cm³/mol. The van der Waals surface area contributed by atoms with Gasteiger partial charge in [0.2, 0.25) is 0 Å². The summed E-state index contributed by atoms with van der Waals surface area (Å²) in [5.41, 5.74) is 0.285. The molecule has 6 heteroatoms. The largest absolute Gasteiger partial charge is 0.481 e. The van der Waals surface area contributed by atoms with Crippen LogP contribution in [0.3, 0.4) is 0 Å². The molecule has 0 atom stereocenters. The van der Waals surface area contributed by atoms with E-state index in [0.717, 1.165) is 4.68 Å². The Hall–Kier alpha value is -1.46. The summed E-state index contributed by atoms with van der Waals surface area (Å²) in [5.74, 6) is -1.03. The molecule has 0 aliphatic heterocycles. The van der Waals surface area contributed by atoms with Crippen molar-refractivity contribution >= 4 is 5.97 Å². The van der Waals surface area contributed by atoms with E-state index in [9.17, 15) is 13.6 Å². The molecule has 0 unspecified atom stereocenters. The lowest BCUT2D eigenvalue weighted by Crippen LogP contribution is -2.08. The van der Waals surface area contributed by atoms with Gasteiger partial charge in [-0.25, -0.2) is 8.78 Å². The van der Waals surface area contributed by atoms with Crippen molar-refractivity contribution < 1.29 is 18.7 Å². The van der Waals surface area contributed by atoms with E-state index in [-0.39, 0.29) is 12.1 Å². The molecule has 4 nitrogen and oxygen atoms in total. The van der Waals surface area contributed by atoms with E-state index >= 15 is 0 Å². The van der Waals surface area contributed by atoms with E-state index in [1.807, 2.05) is 0 Å². The van der Waals surface area contributed by atoms with Crippen LogP contribution in [-0.2, 0) is 17.8 Å². The molecule has 1 aromatic heterocycles. The van der Waals surface area contributed by atoms with Gasteiger partial charge in [-0.15, -0.1) is 0 Å². The molecule has 0 bridgehead atoms. The van der Waals surface area contributed by atoms with E-state index in [2.05, 4.69) is 5.10 Å². The van der Waals surface area contributed by atoms with Gasteiger partial charge >= 0.3 is 5.97 Å². The fourth-order valence-corrected chi connectivity index (χ4v) is 0.896. The van der Waals surface area contributed by atoms with Gasteiger partial charge in [-0.05, 0) is 6.07 Å². The second kappa shape index (κ2) is 3.97. The van der Waals surface area contributed by atoms with Crippen LogP contribution >= 0.6 is 0 Å². The summed E-state index contributed by atoms with van der Waals surface area (Å²) in [6.07, 6.45) is -1.38. The Kier molecular flexibility index (Phi) is 2.94. The van der Waals surface area contributed by atoms with Crippen LogP contribution in [0.2, 0.25) is 0 Å². The summed E-state index contributed by atoms with van der Waals surface area (Å²) in [4.78, 5) is 10.2. The van der Waals surface area contributed by atoms with Gasteiger partial charge in [-0.3, -0.25) is 9.48 Å². The molecule has 0 aromatic carbocycles. The molecule has 0 spiro atoms. The first-order valence-corrected chi connectivity index (χ1v) is 3.60. The number of carboxylic acids is 1. The van der Waals surface area contributed by atoms with E-state index < -0.39 is 18.9 Å². The Bertz CT molecular complexity index is 298. The van der Waals surface area contributed by atoms with Gasteiger partial charge in [0.15, 0.2) is 0 Å². The van der Waals surface area contributed by atoms with E-state index in [1.165, 1.54) is 12.3 Å². The summed E-state index contributed by atoms with van der Waals surface area (Å²) in [7, 11) is 0. The van der Waals surface area contributed by atoms with Crippen LogP contribution in [-0.4, -0.2) is 27.3 Å². The Morgan fingerprint density at radius 1 is 1.69 bits per heavy atom. The zero-order valence-electron chi connectivity index (χ0n) is 6.65. The number of nitrogens with zero attached hydrogens (tertiary/aromatic N) is 2. The average molecular weight is 190 g/mol. The van der Waals surface area contributed by atoms with Crippen LogP contribution in [0.4, 0.5) is 8.78 Å². The molecule has 0 fully saturated rings. The van der Waals surface area contributed by atoms with E-state index in [0.29, 0.717) is 0 Å². The highest BCUT2D eigenvalue weighted by molar-refractivity contribution is 5.69. The highest BCUT2D eigenvalue weighted by atomic mass is 19.3. The number of alkyl halides is 2. The van der Waals surface area contributed by atoms with Gasteiger partial charge in [0.1, 0.15) is 6.54 Å².